The van der Waals surface area contributed by atoms with Gasteiger partial charge in [-0.2, -0.15) is 0 Å². The molecule has 0 spiro atoms. The van der Waals surface area contributed by atoms with Crippen molar-refractivity contribution in [3.05, 3.63) is 35.9 Å². The largest absolute Gasteiger partial charge is 0.342 e. The minimum absolute atomic E-state index is 0. The van der Waals surface area contributed by atoms with Crippen LogP contribution in [0.2, 0.25) is 0 Å². The first-order valence-corrected chi connectivity index (χ1v) is 8.75. The standard InChI is InChI=1S/C19H30N2O.ClH/c1-16-15-21(19(22)11-7-2-3-8-13-20)14-12-18(16)17-9-5-4-6-10-17;/h4-6,9-10,16,18H,2-3,7-8,11-15,20H2,1H3;1H. The van der Waals surface area contributed by atoms with Crippen LogP contribution in [0.15, 0.2) is 30.3 Å². The number of rotatable bonds is 7. The van der Waals surface area contributed by atoms with Gasteiger partial charge in [0, 0.05) is 19.5 Å². The normalized spacial score (nSPS) is 20.9. The van der Waals surface area contributed by atoms with Gasteiger partial charge in [0.15, 0.2) is 0 Å². The van der Waals surface area contributed by atoms with Gasteiger partial charge in [-0.3, -0.25) is 4.79 Å². The zero-order chi connectivity index (χ0) is 15.8. The number of nitrogens with two attached hydrogens (primary N) is 1. The van der Waals surface area contributed by atoms with Crippen LogP contribution in [0.5, 0.6) is 0 Å². The third-order valence-corrected chi connectivity index (χ3v) is 4.83. The summed E-state index contributed by atoms with van der Waals surface area (Å²) in [6.45, 7) is 4.85. The van der Waals surface area contributed by atoms with E-state index in [1.807, 2.05) is 0 Å². The van der Waals surface area contributed by atoms with Crippen LogP contribution >= 0.6 is 12.4 Å². The highest BCUT2D eigenvalue weighted by atomic mass is 35.5. The van der Waals surface area contributed by atoms with Gasteiger partial charge in [-0.1, -0.05) is 50.1 Å². The van der Waals surface area contributed by atoms with Gasteiger partial charge >= 0.3 is 0 Å². The highest BCUT2D eigenvalue weighted by Gasteiger charge is 2.29. The minimum Gasteiger partial charge on any atom is -0.342 e. The molecule has 1 saturated heterocycles. The quantitative estimate of drug-likeness (QED) is 0.764. The van der Waals surface area contributed by atoms with Crippen molar-refractivity contribution in [2.45, 2.75) is 51.4 Å². The second-order valence-electron chi connectivity index (χ2n) is 6.58. The number of unbranched alkanes of at least 4 members (excludes halogenated alkanes) is 3. The molecule has 2 atom stereocenters. The van der Waals surface area contributed by atoms with Gasteiger partial charge in [0.1, 0.15) is 0 Å². The van der Waals surface area contributed by atoms with Crippen LogP contribution in [-0.4, -0.2) is 30.4 Å². The van der Waals surface area contributed by atoms with Crippen molar-refractivity contribution in [2.24, 2.45) is 11.7 Å². The highest BCUT2D eigenvalue weighted by molar-refractivity contribution is 5.85. The van der Waals surface area contributed by atoms with Gasteiger partial charge in [-0.05, 0) is 43.2 Å². The lowest BCUT2D eigenvalue weighted by Gasteiger charge is -2.37. The van der Waals surface area contributed by atoms with E-state index >= 15 is 0 Å². The average molecular weight is 339 g/mol. The number of likely N-dealkylation sites (tertiary alicyclic amines) is 1. The van der Waals surface area contributed by atoms with Crippen LogP contribution in [0.3, 0.4) is 0 Å². The summed E-state index contributed by atoms with van der Waals surface area (Å²) in [5, 5.41) is 0. The lowest BCUT2D eigenvalue weighted by molar-refractivity contribution is -0.133. The molecule has 130 valence electrons. The third-order valence-electron chi connectivity index (χ3n) is 4.83. The topological polar surface area (TPSA) is 46.3 Å². The summed E-state index contributed by atoms with van der Waals surface area (Å²) in [6, 6.07) is 10.7. The summed E-state index contributed by atoms with van der Waals surface area (Å²) in [4.78, 5) is 14.4. The Morgan fingerprint density at radius 3 is 2.52 bits per heavy atom. The molecule has 0 radical (unpaired) electrons. The van der Waals surface area contributed by atoms with Crippen molar-refractivity contribution in [3.63, 3.8) is 0 Å². The van der Waals surface area contributed by atoms with E-state index in [2.05, 4.69) is 42.2 Å². The van der Waals surface area contributed by atoms with Crippen molar-refractivity contribution < 1.29 is 4.79 Å². The number of carbonyl (C=O) groups is 1. The number of amides is 1. The summed E-state index contributed by atoms with van der Waals surface area (Å²) < 4.78 is 0. The molecule has 4 heteroatoms. The van der Waals surface area contributed by atoms with Gasteiger partial charge in [0.2, 0.25) is 5.91 Å². The molecule has 1 amide bonds. The molecule has 2 N–H and O–H groups in total. The first-order valence-electron chi connectivity index (χ1n) is 8.75. The number of piperidine rings is 1. The van der Waals surface area contributed by atoms with E-state index in [1.54, 1.807) is 0 Å². The first-order chi connectivity index (χ1) is 10.7. The van der Waals surface area contributed by atoms with Crippen molar-refractivity contribution in [2.75, 3.05) is 19.6 Å². The molecule has 1 fully saturated rings. The molecule has 0 aromatic heterocycles. The van der Waals surface area contributed by atoms with Gasteiger partial charge < -0.3 is 10.6 Å². The maximum atomic E-state index is 12.3. The maximum Gasteiger partial charge on any atom is 0.222 e. The summed E-state index contributed by atoms with van der Waals surface area (Å²) >= 11 is 0. The molecule has 1 aliphatic heterocycles. The van der Waals surface area contributed by atoms with Crippen LogP contribution in [-0.2, 0) is 4.79 Å². The van der Waals surface area contributed by atoms with Crippen LogP contribution in [0.4, 0.5) is 0 Å². The fourth-order valence-corrected chi connectivity index (χ4v) is 3.50. The van der Waals surface area contributed by atoms with Gasteiger partial charge in [-0.15, -0.1) is 12.4 Å². The molecule has 1 aromatic rings. The zero-order valence-corrected chi connectivity index (χ0v) is 15.1. The Kier molecular flexibility index (Phi) is 9.27. The van der Waals surface area contributed by atoms with E-state index in [0.29, 0.717) is 24.2 Å². The second kappa shape index (κ2) is 10.7. The fourth-order valence-electron chi connectivity index (χ4n) is 3.50. The third kappa shape index (κ3) is 6.15. The molecule has 0 aliphatic carbocycles. The number of benzene rings is 1. The number of halogens is 1. The Labute approximate surface area is 147 Å². The van der Waals surface area contributed by atoms with Crippen molar-refractivity contribution in [3.8, 4) is 0 Å². The predicted octanol–water partition coefficient (Wildman–Crippen LogP) is 3.97. The second-order valence-corrected chi connectivity index (χ2v) is 6.58. The summed E-state index contributed by atoms with van der Waals surface area (Å²) in [7, 11) is 0. The Morgan fingerprint density at radius 2 is 1.87 bits per heavy atom. The van der Waals surface area contributed by atoms with Crippen LogP contribution in [0.25, 0.3) is 0 Å². The van der Waals surface area contributed by atoms with Crippen molar-refractivity contribution >= 4 is 18.3 Å². The van der Waals surface area contributed by atoms with E-state index < -0.39 is 0 Å². The zero-order valence-electron chi connectivity index (χ0n) is 14.2. The lowest BCUT2D eigenvalue weighted by Crippen LogP contribution is -2.42. The molecular weight excluding hydrogens is 308 g/mol. The van der Waals surface area contributed by atoms with Crippen molar-refractivity contribution in [1.29, 1.82) is 0 Å². The average Bonchev–Trinajstić information content (AvgIpc) is 2.55. The summed E-state index contributed by atoms with van der Waals surface area (Å²) in [5.74, 6) is 1.47. The lowest BCUT2D eigenvalue weighted by atomic mass is 9.81. The van der Waals surface area contributed by atoms with Crippen LogP contribution in [0.1, 0.15) is 56.9 Å². The molecule has 3 nitrogen and oxygen atoms in total. The van der Waals surface area contributed by atoms with Gasteiger partial charge in [0.05, 0.1) is 0 Å². The van der Waals surface area contributed by atoms with E-state index in [1.165, 1.54) is 5.56 Å². The summed E-state index contributed by atoms with van der Waals surface area (Å²) in [5.41, 5.74) is 6.91. The molecule has 1 aromatic carbocycles. The number of nitrogens with zero attached hydrogens (tertiary/aromatic N) is 1. The Balaban J connectivity index is 0.00000264. The molecular formula is C19H31ClN2O. The van der Waals surface area contributed by atoms with Gasteiger partial charge in [-0.25, -0.2) is 0 Å². The SMILES string of the molecule is CC1CN(C(=O)CCCCCCN)CCC1c1ccccc1.Cl. The van der Waals surface area contributed by atoms with Crippen LogP contribution in [0, 0.1) is 5.92 Å². The van der Waals surface area contributed by atoms with E-state index in [4.69, 9.17) is 5.73 Å². The van der Waals surface area contributed by atoms with Gasteiger partial charge in [0.25, 0.3) is 0 Å². The first kappa shape index (κ1) is 20.0. The van der Waals surface area contributed by atoms with Crippen LogP contribution < -0.4 is 5.73 Å². The summed E-state index contributed by atoms with van der Waals surface area (Å²) in [6.07, 6.45) is 6.14. The van der Waals surface area contributed by atoms with E-state index in [9.17, 15) is 4.79 Å². The number of hydrogen-bond donors (Lipinski definition) is 1. The predicted molar refractivity (Wildman–Crippen MR) is 98.9 cm³/mol. The molecule has 0 bridgehead atoms. The fraction of sp³-hybridized carbons (Fsp3) is 0.632. The Morgan fingerprint density at radius 1 is 1.17 bits per heavy atom. The van der Waals surface area contributed by atoms with E-state index in [-0.39, 0.29) is 12.4 Å². The minimum atomic E-state index is 0. The molecule has 2 rings (SSSR count). The Hall–Kier alpha value is -1.06. The van der Waals surface area contributed by atoms with E-state index in [0.717, 1.165) is 51.7 Å². The molecule has 2 unspecified atom stereocenters. The molecule has 23 heavy (non-hydrogen) atoms. The molecule has 1 heterocycles. The van der Waals surface area contributed by atoms with Crippen molar-refractivity contribution in [1.82, 2.24) is 4.90 Å². The highest BCUT2D eigenvalue weighted by Crippen LogP contribution is 2.32. The molecule has 1 aliphatic rings. The Bertz CT molecular complexity index is 452. The number of carbonyl (C=O) groups excluding carboxylic acids is 1. The number of hydrogen-bond acceptors (Lipinski definition) is 2. The monoisotopic (exact) mass is 338 g/mol. The maximum absolute atomic E-state index is 12.3. The smallest absolute Gasteiger partial charge is 0.222 e. The molecule has 0 saturated carbocycles.